The van der Waals surface area contributed by atoms with Crippen molar-refractivity contribution in [1.29, 1.82) is 0 Å². The van der Waals surface area contributed by atoms with Gasteiger partial charge in [0.05, 0.1) is 25.4 Å². The first kappa shape index (κ1) is 13.0. The van der Waals surface area contributed by atoms with Crippen molar-refractivity contribution in [2.75, 3.05) is 37.8 Å². The molecule has 1 fully saturated rings. The Balaban J connectivity index is 2.26. The lowest BCUT2D eigenvalue weighted by Gasteiger charge is -2.29. The number of anilines is 1. The zero-order chi connectivity index (χ0) is 13.1. The lowest BCUT2D eigenvalue weighted by molar-refractivity contribution is 0.0525. The third-order valence-electron chi connectivity index (χ3n) is 3.34. The molecule has 5 heteroatoms. The minimum atomic E-state index is -0.245. The van der Waals surface area contributed by atoms with Gasteiger partial charge in [0.2, 0.25) is 0 Å². The summed E-state index contributed by atoms with van der Waals surface area (Å²) >= 11 is 0. The molecule has 0 atom stereocenters. The minimum absolute atomic E-state index is 0.245. The Morgan fingerprint density at radius 2 is 2.11 bits per heavy atom. The number of aromatic nitrogens is 1. The highest BCUT2D eigenvalue weighted by molar-refractivity contribution is 5.92. The van der Waals surface area contributed by atoms with Gasteiger partial charge in [-0.05, 0) is 19.9 Å². The van der Waals surface area contributed by atoms with Crippen LogP contribution in [0.25, 0.3) is 0 Å². The molecule has 2 heterocycles. The number of ether oxygens (including phenoxy) is 2. The van der Waals surface area contributed by atoms with E-state index in [1.165, 1.54) is 0 Å². The summed E-state index contributed by atoms with van der Waals surface area (Å²) in [5.74, 6) is 0.809. The number of hydrogen-bond acceptors (Lipinski definition) is 4. The van der Waals surface area contributed by atoms with Crippen LogP contribution in [-0.4, -0.2) is 43.4 Å². The Morgan fingerprint density at radius 1 is 1.44 bits per heavy atom. The third-order valence-corrected chi connectivity index (χ3v) is 3.34. The van der Waals surface area contributed by atoms with Gasteiger partial charge in [-0.25, -0.2) is 4.79 Å². The van der Waals surface area contributed by atoms with Gasteiger partial charge in [-0.3, -0.25) is 0 Å². The molecule has 0 aliphatic carbocycles. The predicted molar refractivity (Wildman–Crippen MR) is 69.1 cm³/mol. The molecule has 0 radical (unpaired) electrons. The molecule has 0 unspecified atom stereocenters. The number of nitrogens with zero attached hydrogens (tertiary/aromatic N) is 2. The van der Waals surface area contributed by atoms with E-state index in [4.69, 9.17) is 9.47 Å². The number of esters is 1. The van der Waals surface area contributed by atoms with Gasteiger partial charge in [-0.1, -0.05) is 0 Å². The molecule has 1 aromatic heterocycles. The van der Waals surface area contributed by atoms with Gasteiger partial charge < -0.3 is 18.9 Å². The van der Waals surface area contributed by atoms with Crippen LogP contribution in [0.3, 0.4) is 0 Å². The molecule has 0 N–H and O–H groups in total. The standard InChI is InChI=1S/C13H20N2O3/c1-4-18-13(16)11-9-12(14(3)10(11)2)15-5-7-17-8-6-15/h9H,4-8H2,1-3H3. The van der Waals surface area contributed by atoms with Crippen LogP contribution >= 0.6 is 0 Å². The first-order valence-corrected chi connectivity index (χ1v) is 6.31. The van der Waals surface area contributed by atoms with Gasteiger partial charge in [0.15, 0.2) is 0 Å². The van der Waals surface area contributed by atoms with Gasteiger partial charge in [-0.15, -0.1) is 0 Å². The van der Waals surface area contributed by atoms with Crippen molar-refractivity contribution < 1.29 is 14.3 Å². The van der Waals surface area contributed by atoms with Crippen LogP contribution in [0.15, 0.2) is 6.07 Å². The van der Waals surface area contributed by atoms with Crippen LogP contribution in [-0.2, 0) is 16.5 Å². The number of hydrogen-bond donors (Lipinski definition) is 0. The molecule has 18 heavy (non-hydrogen) atoms. The molecule has 1 aliphatic rings. The van der Waals surface area contributed by atoms with E-state index < -0.39 is 0 Å². The average molecular weight is 252 g/mol. The first-order valence-electron chi connectivity index (χ1n) is 6.31. The highest BCUT2D eigenvalue weighted by Crippen LogP contribution is 2.23. The van der Waals surface area contributed by atoms with Crippen LogP contribution in [0.2, 0.25) is 0 Å². The lowest BCUT2D eigenvalue weighted by atomic mass is 10.2. The van der Waals surface area contributed by atoms with Crippen molar-refractivity contribution in [3.05, 3.63) is 17.3 Å². The zero-order valence-electron chi connectivity index (χ0n) is 11.2. The van der Waals surface area contributed by atoms with E-state index in [0.717, 1.165) is 37.8 Å². The number of carbonyl (C=O) groups is 1. The van der Waals surface area contributed by atoms with Crippen LogP contribution in [0.4, 0.5) is 5.82 Å². The summed E-state index contributed by atoms with van der Waals surface area (Å²) < 4.78 is 12.4. The predicted octanol–water partition coefficient (Wildman–Crippen LogP) is 1.35. The van der Waals surface area contributed by atoms with Gasteiger partial charge >= 0.3 is 5.97 Å². The van der Waals surface area contributed by atoms with Gasteiger partial charge in [0.25, 0.3) is 0 Å². The van der Waals surface area contributed by atoms with E-state index in [9.17, 15) is 4.79 Å². The van der Waals surface area contributed by atoms with Crippen molar-refractivity contribution in [1.82, 2.24) is 4.57 Å². The van der Waals surface area contributed by atoms with Crippen LogP contribution < -0.4 is 4.90 Å². The number of rotatable bonds is 3. The fourth-order valence-corrected chi connectivity index (χ4v) is 2.19. The van der Waals surface area contributed by atoms with Crippen LogP contribution in [0.1, 0.15) is 23.0 Å². The molecule has 0 bridgehead atoms. The minimum Gasteiger partial charge on any atom is -0.462 e. The molecule has 0 amide bonds. The first-order chi connectivity index (χ1) is 8.65. The highest BCUT2D eigenvalue weighted by atomic mass is 16.5. The van der Waals surface area contributed by atoms with E-state index in [2.05, 4.69) is 4.90 Å². The Labute approximate surface area is 107 Å². The molecule has 1 aliphatic heterocycles. The summed E-state index contributed by atoms with van der Waals surface area (Å²) in [5.41, 5.74) is 1.59. The van der Waals surface area contributed by atoms with E-state index in [1.54, 1.807) is 0 Å². The van der Waals surface area contributed by atoms with E-state index >= 15 is 0 Å². The lowest BCUT2D eigenvalue weighted by Crippen LogP contribution is -2.37. The summed E-state index contributed by atoms with van der Waals surface area (Å²) in [6.07, 6.45) is 0. The average Bonchev–Trinajstić information content (AvgIpc) is 2.68. The fourth-order valence-electron chi connectivity index (χ4n) is 2.19. The fraction of sp³-hybridized carbons (Fsp3) is 0.615. The molecule has 1 aromatic rings. The molecular weight excluding hydrogens is 232 g/mol. The maximum atomic E-state index is 11.8. The van der Waals surface area contributed by atoms with E-state index in [1.807, 2.05) is 31.5 Å². The van der Waals surface area contributed by atoms with Crippen LogP contribution in [0.5, 0.6) is 0 Å². The second-order valence-corrected chi connectivity index (χ2v) is 4.38. The maximum absolute atomic E-state index is 11.8. The summed E-state index contributed by atoms with van der Waals surface area (Å²) in [4.78, 5) is 14.1. The molecule has 5 nitrogen and oxygen atoms in total. The number of morpholine rings is 1. The van der Waals surface area contributed by atoms with Crippen molar-refractivity contribution >= 4 is 11.8 Å². The second kappa shape index (κ2) is 5.44. The molecular formula is C13H20N2O3. The Bertz CT molecular complexity index is 434. The van der Waals surface area contributed by atoms with Crippen molar-refractivity contribution in [2.45, 2.75) is 13.8 Å². The van der Waals surface area contributed by atoms with E-state index in [-0.39, 0.29) is 5.97 Å². The molecule has 2 rings (SSSR count). The Kier molecular flexibility index (Phi) is 3.91. The van der Waals surface area contributed by atoms with Gasteiger partial charge in [0, 0.05) is 25.8 Å². The smallest absolute Gasteiger partial charge is 0.340 e. The summed E-state index contributed by atoms with van der Waals surface area (Å²) in [6, 6.07) is 1.92. The maximum Gasteiger partial charge on any atom is 0.340 e. The largest absolute Gasteiger partial charge is 0.462 e. The summed E-state index contributed by atoms with van der Waals surface area (Å²) in [7, 11) is 1.98. The van der Waals surface area contributed by atoms with Gasteiger partial charge in [-0.2, -0.15) is 0 Å². The Hall–Kier alpha value is -1.49. The normalized spacial score (nSPS) is 15.8. The second-order valence-electron chi connectivity index (χ2n) is 4.38. The number of carbonyl (C=O) groups excluding carboxylic acids is 1. The summed E-state index contributed by atoms with van der Waals surface area (Å²) in [6.45, 7) is 7.35. The van der Waals surface area contributed by atoms with Crippen molar-refractivity contribution in [3.63, 3.8) is 0 Å². The zero-order valence-corrected chi connectivity index (χ0v) is 11.2. The molecule has 0 spiro atoms. The molecule has 100 valence electrons. The van der Waals surface area contributed by atoms with Gasteiger partial charge in [0.1, 0.15) is 5.82 Å². The quantitative estimate of drug-likeness (QED) is 0.762. The monoisotopic (exact) mass is 252 g/mol. The topological polar surface area (TPSA) is 43.7 Å². The summed E-state index contributed by atoms with van der Waals surface area (Å²) in [5, 5.41) is 0. The SMILES string of the molecule is CCOC(=O)c1cc(N2CCOCC2)n(C)c1C. The molecule has 0 aromatic carbocycles. The van der Waals surface area contributed by atoms with Crippen molar-refractivity contribution in [2.24, 2.45) is 7.05 Å². The third kappa shape index (κ3) is 2.36. The van der Waals surface area contributed by atoms with Crippen LogP contribution in [0, 0.1) is 6.92 Å². The molecule has 1 saturated heterocycles. The highest BCUT2D eigenvalue weighted by Gasteiger charge is 2.21. The van der Waals surface area contributed by atoms with E-state index in [0.29, 0.717) is 12.2 Å². The van der Waals surface area contributed by atoms with Crippen molar-refractivity contribution in [3.8, 4) is 0 Å². The Morgan fingerprint density at radius 3 is 2.72 bits per heavy atom. The molecule has 0 saturated carbocycles.